The normalized spacial score (nSPS) is 22.1. The van der Waals surface area contributed by atoms with Crippen LogP contribution in [0.2, 0.25) is 0 Å². The van der Waals surface area contributed by atoms with Gasteiger partial charge in [0.15, 0.2) is 0 Å². The second kappa shape index (κ2) is 4.77. The minimum absolute atomic E-state index is 0.606. The van der Waals surface area contributed by atoms with Crippen LogP contribution >= 0.6 is 0 Å². The summed E-state index contributed by atoms with van der Waals surface area (Å²) < 4.78 is 0. The van der Waals surface area contributed by atoms with E-state index in [9.17, 15) is 0 Å². The lowest BCUT2D eigenvalue weighted by atomic mass is 10.0. The molecule has 0 aliphatic carbocycles. The van der Waals surface area contributed by atoms with Crippen molar-refractivity contribution in [2.24, 2.45) is 5.73 Å². The van der Waals surface area contributed by atoms with Crippen LogP contribution in [0.4, 0.5) is 0 Å². The van der Waals surface area contributed by atoms with E-state index in [0.717, 1.165) is 13.1 Å². The molecule has 1 aromatic rings. The highest BCUT2D eigenvalue weighted by atomic mass is 15.2. The van der Waals surface area contributed by atoms with Crippen molar-refractivity contribution in [3.63, 3.8) is 0 Å². The third-order valence-corrected chi connectivity index (χ3v) is 3.24. The van der Waals surface area contributed by atoms with E-state index in [2.05, 4.69) is 36.1 Å². The van der Waals surface area contributed by atoms with Gasteiger partial charge in [0, 0.05) is 19.1 Å². The first-order valence-electron chi connectivity index (χ1n) is 5.82. The van der Waals surface area contributed by atoms with Crippen molar-refractivity contribution in [2.75, 3.05) is 19.6 Å². The zero-order valence-corrected chi connectivity index (χ0v) is 9.45. The molecule has 0 amide bonds. The summed E-state index contributed by atoms with van der Waals surface area (Å²) in [4.78, 5) is 2.50. The van der Waals surface area contributed by atoms with Crippen LogP contribution in [0.5, 0.6) is 0 Å². The van der Waals surface area contributed by atoms with E-state index in [1.165, 1.54) is 30.5 Å². The highest BCUT2D eigenvalue weighted by Crippen LogP contribution is 2.31. The molecule has 1 saturated heterocycles. The molecule has 0 bridgehead atoms. The van der Waals surface area contributed by atoms with Crippen LogP contribution < -0.4 is 5.73 Å². The first-order chi connectivity index (χ1) is 7.31. The Hall–Kier alpha value is -0.860. The second-order valence-electron chi connectivity index (χ2n) is 4.39. The Balaban J connectivity index is 2.11. The lowest BCUT2D eigenvalue weighted by Crippen LogP contribution is -2.29. The maximum Gasteiger partial charge on any atom is 0.0349 e. The number of rotatable bonds is 3. The van der Waals surface area contributed by atoms with E-state index in [-0.39, 0.29) is 0 Å². The van der Waals surface area contributed by atoms with Crippen molar-refractivity contribution in [3.8, 4) is 0 Å². The first kappa shape index (κ1) is 10.7. The highest BCUT2D eigenvalue weighted by Gasteiger charge is 2.24. The molecule has 2 N–H and O–H groups in total. The molecule has 2 rings (SSSR count). The molecule has 0 aromatic heterocycles. The maximum absolute atomic E-state index is 5.63. The zero-order valence-electron chi connectivity index (χ0n) is 9.45. The molecule has 1 unspecified atom stereocenters. The van der Waals surface area contributed by atoms with Crippen LogP contribution in [0.3, 0.4) is 0 Å². The van der Waals surface area contributed by atoms with Gasteiger partial charge in [0.25, 0.3) is 0 Å². The van der Waals surface area contributed by atoms with Crippen LogP contribution in [0.15, 0.2) is 24.3 Å². The van der Waals surface area contributed by atoms with Gasteiger partial charge in [-0.15, -0.1) is 0 Å². The summed E-state index contributed by atoms with van der Waals surface area (Å²) in [6.45, 7) is 5.13. The molecule has 2 nitrogen and oxygen atoms in total. The second-order valence-corrected chi connectivity index (χ2v) is 4.39. The van der Waals surface area contributed by atoms with E-state index >= 15 is 0 Å². The van der Waals surface area contributed by atoms with Gasteiger partial charge in [-0.1, -0.05) is 29.8 Å². The quantitative estimate of drug-likeness (QED) is 0.817. The Morgan fingerprint density at radius 2 is 2.07 bits per heavy atom. The van der Waals surface area contributed by atoms with Crippen molar-refractivity contribution in [3.05, 3.63) is 35.4 Å². The third kappa shape index (κ3) is 2.39. The van der Waals surface area contributed by atoms with Gasteiger partial charge in [-0.2, -0.15) is 0 Å². The van der Waals surface area contributed by atoms with Crippen molar-refractivity contribution < 1.29 is 0 Å². The smallest absolute Gasteiger partial charge is 0.0349 e. The molecule has 0 spiro atoms. The Morgan fingerprint density at radius 1 is 1.33 bits per heavy atom. The largest absolute Gasteiger partial charge is 0.329 e. The monoisotopic (exact) mass is 204 g/mol. The Labute approximate surface area is 92.1 Å². The molecule has 1 aliphatic heterocycles. The summed E-state index contributed by atoms with van der Waals surface area (Å²) in [6.07, 6.45) is 2.58. The molecule has 1 heterocycles. The fourth-order valence-electron chi connectivity index (χ4n) is 2.43. The number of aryl methyl sites for hydroxylation is 1. The van der Waals surface area contributed by atoms with Gasteiger partial charge in [0.05, 0.1) is 0 Å². The van der Waals surface area contributed by atoms with E-state index in [1.807, 2.05) is 0 Å². The Morgan fingerprint density at radius 3 is 2.73 bits per heavy atom. The van der Waals surface area contributed by atoms with Gasteiger partial charge in [-0.25, -0.2) is 0 Å². The fourth-order valence-corrected chi connectivity index (χ4v) is 2.43. The summed E-state index contributed by atoms with van der Waals surface area (Å²) in [5, 5.41) is 0. The van der Waals surface area contributed by atoms with Crippen LogP contribution in [0.25, 0.3) is 0 Å². The van der Waals surface area contributed by atoms with Gasteiger partial charge < -0.3 is 5.73 Å². The van der Waals surface area contributed by atoms with Crippen LogP contribution in [-0.2, 0) is 0 Å². The van der Waals surface area contributed by atoms with Crippen LogP contribution in [-0.4, -0.2) is 24.5 Å². The summed E-state index contributed by atoms with van der Waals surface area (Å²) in [7, 11) is 0. The van der Waals surface area contributed by atoms with E-state index in [1.54, 1.807) is 0 Å². The molecular formula is C13H20N2. The van der Waals surface area contributed by atoms with Gasteiger partial charge in [-0.05, 0) is 31.9 Å². The molecule has 82 valence electrons. The molecule has 2 heteroatoms. The highest BCUT2D eigenvalue weighted by molar-refractivity contribution is 5.24. The van der Waals surface area contributed by atoms with E-state index < -0.39 is 0 Å². The van der Waals surface area contributed by atoms with Gasteiger partial charge >= 0.3 is 0 Å². The minimum Gasteiger partial charge on any atom is -0.329 e. The summed E-state index contributed by atoms with van der Waals surface area (Å²) in [6, 6.07) is 9.53. The molecule has 15 heavy (non-hydrogen) atoms. The standard InChI is InChI=1S/C13H20N2/c1-11-4-6-12(7-5-11)13-3-2-9-15(13)10-8-14/h4-7,13H,2-3,8-10,14H2,1H3. The SMILES string of the molecule is Cc1ccc(C2CCCN2CCN)cc1. The molecule has 1 aromatic carbocycles. The summed E-state index contributed by atoms with van der Waals surface area (Å²) in [5.41, 5.74) is 8.42. The fraction of sp³-hybridized carbons (Fsp3) is 0.538. The van der Waals surface area contributed by atoms with Gasteiger partial charge in [-0.3, -0.25) is 4.90 Å². The molecular weight excluding hydrogens is 184 g/mol. The number of likely N-dealkylation sites (tertiary alicyclic amines) is 1. The Bertz CT molecular complexity index is 305. The number of hydrogen-bond donors (Lipinski definition) is 1. The predicted octanol–water partition coefficient (Wildman–Crippen LogP) is 2.09. The van der Waals surface area contributed by atoms with Gasteiger partial charge in [0.1, 0.15) is 0 Å². The zero-order chi connectivity index (χ0) is 10.7. The van der Waals surface area contributed by atoms with Gasteiger partial charge in [0.2, 0.25) is 0 Å². The predicted molar refractivity (Wildman–Crippen MR) is 63.8 cm³/mol. The number of benzene rings is 1. The Kier molecular flexibility index (Phi) is 3.39. The number of nitrogens with two attached hydrogens (primary N) is 1. The van der Waals surface area contributed by atoms with Crippen molar-refractivity contribution in [1.29, 1.82) is 0 Å². The van der Waals surface area contributed by atoms with Crippen molar-refractivity contribution in [2.45, 2.75) is 25.8 Å². The summed E-state index contributed by atoms with van der Waals surface area (Å²) in [5.74, 6) is 0. The van der Waals surface area contributed by atoms with Crippen LogP contribution in [0.1, 0.15) is 30.0 Å². The number of hydrogen-bond acceptors (Lipinski definition) is 2. The van der Waals surface area contributed by atoms with E-state index in [0.29, 0.717) is 6.04 Å². The number of nitrogens with zero attached hydrogens (tertiary/aromatic N) is 1. The first-order valence-corrected chi connectivity index (χ1v) is 5.82. The molecule has 0 radical (unpaired) electrons. The molecule has 1 aliphatic rings. The maximum atomic E-state index is 5.63. The van der Waals surface area contributed by atoms with Crippen molar-refractivity contribution in [1.82, 2.24) is 4.90 Å². The lowest BCUT2D eigenvalue weighted by molar-refractivity contribution is 0.264. The minimum atomic E-state index is 0.606. The van der Waals surface area contributed by atoms with E-state index in [4.69, 9.17) is 5.73 Å². The lowest BCUT2D eigenvalue weighted by Gasteiger charge is -2.24. The average Bonchev–Trinajstić information content (AvgIpc) is 2.68. The molecule has 1 fully saturated rings. The third-order valence-electron chi connectivity index (χ3n) is 3.24. The molecule has 0 saturated carbocycles. The van der Waals surface area contributed by atoms with Crippen LogP contribution in [0, 0.1) is 6.92 Å². The molecule has 1 atom stereocenters. The average molecular weight is 204 g/mol. The van der Waals surface area contributed by atoms with Crippen molar-refractivity contribution >= 4 is 0 Å². The summed E-state index contributed by atoms with van der Waals surface area (Å²) >= 11 is 0. The topological polar surface area (TPSA) is 29.3 Å².